The third-order valence-corrected chi connectivity index (χ3v) is 7.12. The van der Waals surface area contributed by atoms with Crippen molar-refractivity contribution in [3.05, 3.63) is 28.8 Å². The molecule has 32 heavy (non-hydrogen) atoms. The number of hydrogen-bond donors (Lipinski definition) is 1. The summed E-state index contributed by atoms with van der Waals surface area (Å²) >= 11 is 5.51. The molecule has 0 bridgehead atoms. The third-order valence-electron chi connectivity index (χ3n) is 5.33. The Hall–Kier alpha value is -1.89. The van der Waals surface area contributed by atoms with Gasteiger partial charge in [-0.25, -0.2) is 13.1 Å². The van der Waals surface area contributed by atoms with E-state index in [9.17, 15) is 31.2 Å². The van der Waals surface area contributed by atoms with Crippen LogP contribution in [0.2, 0.25) is 5.02 Å². The molecular formula is C19H23ClF3N3O5S. The van der Waals surface area contributed by atoms with Crippen LogP contribution < -0.4 is 4.72 Å². The van der Waals surface area contributed by atoms with Gasteiger partial charge in [-0.15, -0.1) is 0 Å². The summed E-state index contributed by atoms with van der Waals surface area (Å²) in [4.78, 5) is 27.3. The van der Waals surface area contributed by atoms with Gasteiger partial charge in [-0.05, 0) is 31.0 Å². The second-order valence-electron chi connectivity index (χ2n) is 7.49. The van der Waals surface area contributed by atoms with E-state index >= 15 is 0 Å². The molecular weight excluding hydrogens is 475 g/mol. The summed E-state index contributed by atoms with van der Waals surface area (Å²) in [5.41, 5.74) is -1.26. The summed E-state index contributed by atoms with van der Waals surface area (Å²) in [7, 11) is -4.26. The van der Waals surface area contributed by atoms with E-state index in [2.05, 4.69) is 4.72 Å². The molecule has 1 unspecified atom stereocenters. The lowest BCUT2D eigenvalue weighted by atomic mass is 10.2. The van der Waals surface area contributed by atoms with E-state index in [1.165, 1.54) is 4.90 Å². The normalized spacial score (nSPS) is 19.9. The molecule has 0 spiro atoms. The van der Waals surface area contributed by atoms with Crippen molar-refractivity contribution in [1.82, 2.24) is 14.5 Å². The molecule has 0 aliphatic carbocycles. The Kier molecular flexibility index (Phi) is 7.69. The number of amides is 2. The van der Waals surface area contributed by atoms with Crippen LogP contribution in [0.25, 0.3) is 0 Å². The minimum absolute atomic E-state index is 0.0800. The van der Waals surface area contributed by atoms with Crippen LogP contribution in [-0.4, -0.2) is 75.5 Å². The smallest absolute Gasteiger partial charge is 0.368 e. The molecule has 2 fully saturated rings. The molecule has 2 heterocycles. The van der Waals surface area contributed by atoms with Crippen molar-refractivity contribution in [3.63, 3.8) is 0 Å². The van der Waals surface area contributed by atoms with Crippen LogP contribution in [0.1, 0.15) is 24.8 Å². The number of nitrogens with one attached hydrogen (secondary N) is 1. The van der Waals surface area contributed by atoms with E-state index < -0.39 is 37.8 Å². The van der Waals surface area contributed by atoms with E-state index in [-0.39, 0.29) is 24.8 Å². The van der Waals surface area contributed by atoms with Crippen molar-refractivity contribution in [3.8, 4) is 0 Å². The Balaban J connectivity index is 1.49. The van der Waals surface area contributed by atoms with Gasteiger partial charge in [-0.3, -0.25) is 9.59 Å². The van der Waals surface area contributed by atoms with Gasteiger partial charge in [-0.2, -0.15) is 13.2 Å². The average Bonchev–Trinajstić information content (AvgIpc) is 3.27. The van der Waals surface area contributed by atoms with Crippen LogP contribution in [-0.2, 0) is 30.5 Å². The summed E-state index contributed by atoms with van der Waals surface area (Å²) in [6.07, 6.45) is -3.85. The maximum atomic E-state index is 13.0. The standard InChI is InChI=1S/C19H23ClF3N3O5S/c20-15-4-3-13(12-14(15)19(21,22)23)32(29,30)24-6-5-17(27)25-7-9-26(10-8-25)18(28)16-2-1-11-31-16/h3-4,12,16,24H,1-2,5-11H2. The fourth-order valence-corrected chi connectivity index (χ4v) is 4.86. The number of benzene rings is 1. The zero-order valence-electron chi connectivity index (χ0n) is 17.0. The van der Waals surface area contributed by atoms with Gasteiger partial charge in [0.05, 0.1) is 15.5 Å². The number of ether oxygens (including phenoxy) is 1. The number of carbonyl (C=O) groups excluding carboxylic acids is 2. The van der Waals surface area contributed by atoms with E-state index in [0.717, 1.165) is 18.6 Å². The summed E-state index contributed by atoms with van der Waals surface area (Å²) in [6.45, 7) is 1.65. The molecule has 3 rings (SSSR count). The van der Waals surface area contributed by atoms with Crippen LogP contribution in [0.4, 0.5) is 13.2 Å². The summed E-state index contributed by atoms with van der Waals surface area (Å²) < 4.78 is 71.1. The van der Waals surface area contributed by atoms with Crippen molar-refractivity contribution in [2.75, 3.05) is 39.3 Å². The third kappa shape index (κ3) is 5.91. The first-order valence-electron chi connectivity index (χ1n) is 10.0. The molecule has 8 nitrogen and oxygen atoms in total. The van der Waals surface area contributed by atoms with Crippen LogP contribution >= 0.6 is 11.6 Å². The first kappa shape index (κ1) is 24.7. The number of carbonyl (C=O) groups is 2. The van der Waals surface area contributed by atoms with Gasteiger partial charge in [0.1, 0.15) is 6.10 Å². The lowest BCUT2D eigenvalue weighted by Gasteiger charge is -2.35. The van der Waals surface area contributed by atoms with Crippen LogP contribution in [0.3, 0.4) is 0 Å². The largest absolute Gasteiger partial charge is 0.417 e. The second-order valence-corrected chi connectivity index (χ2v) is 9.67. The molecule has 0 radical (unpaired) electrons. The Bertz CT molecular complexity index is 959. The number of alkyl halides is 3. The van der Waals surface area contributed by atoms with Gasteiger partial charge in [-0.1, -0.05) is 11.6 Å². The molecule has 2 aliphatic heterocycles. The van der Waals surface area contributed by atoms with Crippen molar-refractivity contribution < 1.29 is 35.9 Å². The van der Waals surface area contributed by atoms with Gasteiger partial charge in [0.15, 0.2) is 0 Å². The quantitative estimate of drug-likeness (QED) is 0.647. The van der Waals surface area contributed by atoms with Crippen LogP contribution in [0.15, 0.2) is 23.1 Å². The number of piperazine rings is 1. The highest BCUT2D eigenvalue weighted by atomic mass is 35.5. The molecule has 1 aromatic carbocycles. The average molecular weight is 498 g/mol. The molecule has 0 saturated carbocycles. The lowest BCUT2D eigenvalue weighted by Crippen LogP contribution is -2.53. The van der Waals surface area contributed by atoms with Gasteiger partial charge < -0.3 is 14.5 Å². The molecule has 1 aromatic rings. The number of nitrogens with zero attached hydrogens (tertiary/aromatic N) is 2. The van der Waals surface area contributed by atoms with Gasteiger partial charge in [0.2, 0.25) is 15.9 Å². The van der Waals surface area contributed by atoms with Gasteiger partial charge in [0, 0.05) is 45.8 Å². The Morgan fingerprint density at radius 2 is 1.81 bits per heavy atom. The predicted molar refractivity (Wildman–Crippen MR) is 108 cm³/mol. The van der Waals surface area contributed by atoms with Crippen LogP contribution in [0.5, 0.6) is 0 Å². The zero-order valence-corrected chi connectivity index (χ0v) is 18.6. The highest BCUT2D eigenvalue weighted by Gasteiger charge is 2.35. The summed E-state index contributed by atoms with van der Waals surface area (Å²) in [5, 5.41) is -0.608. The number of sulfonamides is 1. The Labute approximate surface area is 188 Å². The molecule has 2 amide bonds. The van der Waals surface area contributed by atoms with E-state index in [4.69, 9.17) is 16.3 Å². The Morgan fingerprint density at radius 3 is 2.41 bits per heavy atom. The summed E-state index contributed by atoms with van der Waals surface area (Å²) in [6, 6.07) is 2.28. The SMILES string of the molecule is O=C(CCNS(=O)(=O)c1ccc(Cl)c(C(F)(F)F)c1)N1CCN(C(=O)C2CCCO2)CC1. The fraction of sp³-hybridized carbons (Fsp3) is 0.579. The van der Waals surface area contributed by atoms with Crippen molar-refractivity contribution in [2.24, 2.45) is 0 Å². The highest BCUT2D eigenvalue weighted by molar-refractivity contribution is 7.89. The van der Waals surface area contributed by atoms with E-state index in [1.807, 2.05) is 0 Å². The maximum absolute atomic E-state index is 13.0. The van der Waals surface area contributed by atoms with Crippen molar-refractivity contribution in [2.45, 2.75) is 36.4 Å². The van der Waals surface area contributed by atoms with E-state index in [1.54, 1.807) is 4.90 Å². The van der Waals surface area contributed by atoms with Gasteiger partial charge >= 0.3 is 6.18 Å². The molecule has 2 aliphatic rings. The van der Waals surface area contributed by atoms with E-state index in [0.29, 0.717) is 45.3 Å². The fourth-order valence-electron chi connectivity index (χ4n) is 3.57. The Morgan fingerprint density at radius 1 is 1.16 bits per heavy atom. The maximum Gasteiger partial charge on any atom is 0.417 e. The second kappa shape index (κ2) is 9.94. The molecule has 178 valence electrons. The van der Waals surface area contributed by atoms with Crippen molar-refractivity contribution in [1.29, 1.82) is 0 Å². The molecule has 0 aromatic heterocycles. The lowest BCUT2D eigenvalue weighted by molar-refractivity contribution is -0.145. The monoisotopic (exact) mass is 497 g/mol. The van der Waals surface area contributed by atoms with Crippen molar-refractivity contribution >= 4 is 33.4 Å². The molecule has 2 saturated heterocycles. The zero-order chi connectivity index (χ0) is 23.5. The highest BCUT2D eigenvalue weighted by Crippen LogP contribution is 2.35. The predicted octanol–water partition coefficient (Wildman–Crippen LogP) is 1.88. The minimum atomic E-state index is -4.80. The topological polar surface area (TPSA) is 96.0 Å². The van der Waals surface area contributed by atoms with Crippen LogP contribution in [0, 0.1) is 0 Å². The first-order chi connectivity index (χ1) is 15.0. The summed E-state index contributed by atoms with van der Waals surface area (Å²) in [5.74, 6) is -0.396. The minimum Gasteiger partial charge on any atom is -0.368 e. The number of rotatable bonds is 6. The molecule has 1 atom stereocenters. The number of halogens is 4. The molecule has 1 N–H and O–H groups in total. The van der Waals surface area contributed by atoms with Gasteiger partial charge in [0.25, 0.3) is 5.91 Å². The number of hydrogen-bond acceptors (Lipinski definition) is 5. The molecule has 13 heteroatoms. The first-order valence-corrected chi connectivity index (χ1v) is 11.9.